The molecule has 0 unspecified atom stereocenters. The van der Waals surface area contributed by atoms with Gasteiger partial charge in [0.15, 0.2) is 11.5 Å². The Morgan fingerprint density at radius 3 is 2.59 bits per heavy atom. The van der Waals surface area contributed by atoms with E-state index in [9.17, 15) is 14.9 Å². The van der Waals surface area contributed by atoms with Crippen LogP contribution < -0.4 is 19.5 Å². The fraction of sp³-hybridized carbons (Fsp3) is 0.125. The Morgan fingerprint density at radius 2 is 1.91 bits per heavy atom. The van der Waals surface area contributed by atoms with E-state index in [1.54, 1.807) is 60.0 Å². The average Bonchev–Trinajstić information content (AvgIpc) is 3.35. The van der Waals surface area contributed by atoms with Crippen LogP contribution in [0.2, 0.25) is 0 Å². The Morgan fingerprint density at radius 1 is 1.09 bits per heavy atom. The van der Waals surface area contributed by atoms with Crippen molar-refractivity contribution in [3.63, 3.8) is 0 Å². The van der Waals surface area contributed by atoms with Gasteiger partial charge in [0.2, 0.25) is 0 Å². The summed E-state index contributed by atoms with van der Waals surface area (Å²) in [5.41, 5.74) is 0.887. The second-order valence-corrected chi connectivity index (χ2v) is 7.28. The molecule has 0 fully saturated rings. The SMILES string of the molecule is CCOc1ccccc1NC(=O)/C(C#N)=C/c1ccc(OC(=O)c2cccs2)c(OC)c1. The van der Waals surface area contributed by atoms with Gasteiger partial charge in [0.25, 0.3) is 5.91 Å². The molecule has 3 aromatic rings. The number of benzene rings is 2. The maximum absolute atomic E-state index is 12.6. The van der Waals surface area contributed by atoms with Gasteiger partial charge >= 0.3 is 5.97 Å². The lowest BCUT2D eigenvalue weighted by molar-refractivity contribution is -0.112. The van der Waals surface area contributed by atoms with Crippen molar-refractivity contribution in [2.75, 3.05) is 19.0 Å². The minimum absolute atomic E-state index is 0.110. The monoisotopic (exact) mass is 448 g/mol. The molecule has 2 aromatic carbocycles. The molecular weight excluding hydrogens is 428 g/mol. The van der Waals surface area contributed by atoms with Crippen LogP contribution in [0.4, 0.5) is 5.69 Å². The van der Waals surface area contributed by atoms with Crippen LogP contribution in [0.15, 0.2) is 65.6 Å². The smallest absolute Gasteiger partial charge is 0.353 e. The van der Waals surface area contributed by atoms with Gasteiger partial charge in [-0.25, -0.2) is 4.79 Å². The molecular formula is C24H20N2O5S. The van der Waals surface area contributed by atoms with Crippen LogP contribution in [0.3, 0.4) is 0 Å². The average molecular weight is 449 g/mol. The molecule has 1 aromatic heterocycles. The third-order valence-electron chi connectivity index (χ3n) is 4.22. The highest BCUT2D eigenvalue weighted by Crippen LogP contribution is 2.30. The number of nitriles is 1. The lowest BCUT2D eigenvalue weighted by atomic mass is 10.1. The third kappa shape index (κ3) is 5.53. The number of para-hydroxylation sites is 2. The van der Waals surface area contributed by atoms with E-state index in [2.05, 4.69) is 5.32 Å². The molecule has 162 valence electrons. The van der Waals surface area contributed by atoms with E-state index in [0.717, 1.165) is 0 Å². The summed E-state index contributed by atoms with van der Waals surface area (Å²) in [6.07, 6.45) is 1.42. The van der Waals surface area contributed by atoms with Crippen molar-refractivity contribution in [1.82, 2.24) is 0 Å². The Kier molecular flexibility index (Phi) is 7.62. The molecule has 1 N–H and O–H groups in total. The molecule has 0 spiro atoms. The summed E-state index contributed by atoms with van der Waals surface area (Å²) >= 11 is 1.27. The highest BCUT2D eigenvalue weighted by atomic mass is 32.1. The van der Waals surface area contributed by atoms with Crippen LogP contribution in [-0.4, -0.2) is 25.6 Å². The molecule has 0 radical (unpaired) electrons. The van der Waals surface area contributed by atoms with E-state index in [1.807, 2.05) is 13.0 Å². The summed E-state index contributed by atoms with van der Waals surface area (Å²) in [4.78, 5) is 25.3. The predicted octanol–water partition coefficient (Wildman–Crippen LogP) is 4.92. The summed E-state index contributed by atoms with van der Waals surface area (Å²) in [6.45, 7) is 2.28. The van der Waals surface area contributed by atoms with Crippen LogP contribution in [0.25, 0.3) is 6.08 Å². The summed E-state index contributed by atoms with van der Waals surface area (Å²) in [6, 6.07) is 17.1. The number of hydrogen-bond donors (Lipinski definition) is 1. The molecule has 3 rings (SSSR count). The fourth-order valence-electron chi connectivity index (χ4n) is 2.76. The van der Waals surface area contributed by atoms with E-state index >= 15 is 0 Å². The summed E-state index contributed by atoms with van der Waals surface area (Å²) < 4.78 is 16.2. The minimum Gasteiger partial charge on any atom is -0.493 e. The molecule has 0 aliphatic rings. The molecule has 1 heterocycles. The summed E-state index contributed by atoms with van der Waals surface area (Å²) in [7, 11) is 1.44. The molecule has 0 aliphatic carbocycles. The Balaban J connectivity index is 1.80. The molecule has 0 saturated carbocycles. The van der Waals surface area contributed by atoms with Gasteiger partial charge in [-0.15, -0.1) is 11.3 Å². The molecule has 1 amide bonds. The van der Waals surface area contributed by atoms with Gasteiger partial charge in [-0.2, -0.15) is 5.26 Å². The van der Waals surface area contributed by atoms with Crippen LogP contribution >= 0.6 is 11.3 Å². The number of nitrogens with one attached hydrogen (secondary N) is 1. The number of nitrogens with zero attached hydrogens (tertiary/aromatic N) is 1. The molecule has 0 atom stereocenters. The van der Waals surface area contributed by atoms with Crippen molar-refractivity contribution in [2.24, 2.45) is 0 Å². The lowest BCUT2D eigenvalue weighted by Gasteiger charge is -2.11. The van der Waals surface area contributed by atoms with Crippen LogP contribution in [0, 0.1) is 11.3 Å². The van der Waals surface area contributed by atoms with E-state index < -0.39 is 11.9 Å². The molecule has 0 bridgehead atoms. The summed E-state index contributed by atoms with van der Waals surface area (Å²) in [5.74, 6) is -0.0302. The van der Waals surface area contributed by atoms with Gasteiger partial charge in [-0.3, -0.25) is 4.79 Å². The molecule has 0 saturated heterocycles. The van der Waals surface area contributed by atoms with E-state index in [4.69, 9.17) is 14.2 Å². The number of methoxy groups -OCH3 is 1. The minimum atomic E-state index is -0.577. The molecule has 0 aliphatic heterocycles. The number of esters is 1. The quantitative estimate of drug-likeness (QED) is 0.227. The van der Waals surface area contributed by atoms with Gasteiger partial charge in [0.05, 0.1) is 19.4 Å². The van der Waals surface area contributed by atoms with Crippen molar-refractivity contribution in [1.29, 1.82) is 5.26 Å². The maximum Gasteiger partial charge on any atom is 0.353 e. The number of rotatable bonds is 8. The summed E-state index contributed by atoms with van der Waals surface area (Å²) in [5, 5.41) is 14.0. The van der Waals surface area contributed by atoms with Gasteiger partial charge in [-0.1, -0.05) is 24.3 Å². The highest BCUT2D eigenvalue weighted by Gasteiger charge is 2.15. The zero-order valence-corrected chi connectivity index (χ0v) is 18.3. The number of ether oxygens (including phenoxy) is 3. The first-order valence-electron chi connectivity index (χ1n) is 9.64. The normalized spacial score (nSPS) is 10.7. The third-order valence-corrected chi connectivity index (χ3v) is 5.07. The van der Waals surface area contributed by atoms with Crippen molar-refractivity contribution >= 4 is 35.0 Å². The number of thiophene rings is 1. The van der Waals surface area contributed by atoms with E-state index in [1.165, 1.54) is 24.5 Å². The van der Waals surface area contributed by atoms with Gasteiger partial charge in [0.1, 0.15) is 22.3 Å². The fourth-order valence-corrected chi connectivity index (χ4v) is 3.36. The Hall–Kier alpha value is -4.09. The zero-order valence-electron chi connectivity index (χ0n) is 17.5. The van der Waals surface area contributed by atoms with Gasteiger partial charge in [0, 0.05) is 0 Å². The van der Waals surface area contributed by atoms with Crippen LogP contribution in [-0.2, 0) is 4.79 Å². The van der Waals surface area contributed by atoms with Gasteiger partial charge in [-0.05, 0) is 54.3 Å². The van der Waals surface area contributed by atoms with Crippen molar-refractivity contribution < 1.29 is 23.8 Å². The lowest BCUT2D eigenvalue weighted by Crippen LogP contribution is -2.14. The van der Waals surface area contributed by atoms with E-state index in [0.29, 0.717) is 34.2 Å². The van der Waals surface area contributed by atoms with Gasteiger partial charge < -0.3 is 19.5 Å². The topological polar surface area (TPSA) is 97.6 Å². The van der Waals surface area contributed by atoms with E-state index in [-0.39, 0.29) is 11.3 Å². The number of hydrogen-bond acceptors (Lipinski definition) is 7. The maximum atomic E-state index is 12.6. The first kappa shape index (κ1) is 22.6. The number of carbonyl (C=O) groups excluding carboxylic acids is 2. The van der Waals surface area contributed by atoms with Crippen molar-refractivity contribution in [3.05, 3.63) is 76.0 Å². The van der Waals surface area contributed by atoms with Crippen LogP contribution in [0.1, 0.15) is 22.2 Å². The first-order chi connectivity index (χ1) is 15.5. The zero-order chi connectivity index (χ0) is 22.9. The second kappa shape index (κ2) is 10.8. The van der Waals surface area contributed by atoms with Crippen molar-refractivity contribution in [3.8, 4) is 23.3 Å². The standard InChI is InChI=1S/C24H20N2O5S/c1-3-30-19-8-5-4-7-18(19)26-23(27)17(15-25)13-16-10-11-20(21(14-16)29-2)31-24(28)22-9-6-12-32-22/h4-14H,3H2,1-2H3,(H,26,27)/b17-13+. The second-order valence-electron chi connectivity index (χ2n) is 6.33. The first-order valence-corrected chi connectivity index (χ1v) is 10.5. The number of anilines is 1. The number of amides is 1. The van der Waals surface area contributed by atoms with Crippen molar-refractivity contribution in [2.45, 2.75) is 6.92 Å². The molecule has 8 heteroatoms. The number of carbonyl (C=O) groups is 2. The largest absolute Gasteiger partial charge is 0.493 e. The highest BCUT2D eigenvalue weighted by molar-refractivity contribution is 7.12. The van der Waals surface area contributed by atoms with Crippen LogP contribution in [0.5, 0.6) is 17.2 Å². The molecule has 7 nitrogen and oxygen atoms in total. The Labute approximate surface area is 189 Å². The molecule has 32 heavy (non-hydrogen) atoms. The Bertz CT molecular complexity index is 1180. The predicted molar refractivity (Wildman–Crippen MR) is 122 cm³/mol.